The van der Waals surface area contributed by atoms with Crippen LogP contribution in [0.2, 0.25) is 0 Å². The fourth-order valence-electron chi connectivity index (χ4n) is 3.72. The molecule has 0 amide bonds. The number of likely N-dealkylation sites (tertiary alicyclic amines) is 1. The number of hydrogen-bond acceptors (Lipinski definition) is 4. The van der Waals surface area contributed by atoms with Gasteiger partial charge in [-0.3, -0.25) is 4.90 Å². The lowest BCUT2D eigenvalue weighted by Gasteiger charge is -2.37. The van der Waals surface area contributed by atoms with E-state index in [0.717, 1.165) is 31.7 Å². The largest absolute Gasteiger partial charge is 0.492 e. The number of hydrogen-bond donors (Lipinski definition) is 1. The van der Waals surface area contributed by atoms with Gasteiger partial charge in [0.15, 0.2) is 0 Å². The minimum absolute atomic E-state index is 0.211. The van der Waals surface area contributed by atoms with Crippen LogP contribution in [0.1, 0.15) is 24.8 Å². The molecule has 122 valence electrons. The Bertz CT molecular complexity index is 479. The summed E-state index contributed by atoms with van der Waals surface area (Å²) < 4.78 is 11.5. The molecule has 2 aliphatic heterocycles. The lowest BCUT2D eigenvalue weighted by atomic mass is 9.89. The Morgan fingerprint density at radius 1 is 1.36 bits per heavy atom. The predicted octanol–water partition coefficient (Wildman–Crippen LogP) is 2.24. The first-order valence-corrected chi connectivity index (χ1v) is 8.43. The Labute approximate surface area is 133 Å². The molecule has 0 unspecified atom stereocenters. The monoisotopic (exact) mass is 305 g/mol. The molecule has 3 atom stereocenters. The van der Waals surface area contributed by atoms with E-state index in [4.69, 9.17) is 9.47 Å². The van der Waals surface area contributed by atoms with E-state index in [1.54, 1.807) is 0 Å². The van der Waals surface area contributed by atoms with Crippen LogP contribution in [0, 0.1) is 12.8 Å². The molecule has 4 heteroatoms. The number of ether oxygens (including phenoxy) is 2. The Morgan fingerprint density at radius 3 is 3.09 bits per heavy atom. The molecule has 2 saturated heterocycles. The number of rotatable bonds is 5. The Balaban J connectivity index is 1.50. The van der Waals surface area contributed by atoms with Crippen molar-refractivity contribution >= 4 is 0 Å². The van der Waals surface area contributed by atoms with Crippen LogP contribution in [0.25, 0.3) is 0 Å². The summed E-state index contributed by atoms with van der Waals surface area (Å²) in [6.07, 6.45) is 2.93. The molecule has 2 aliphatic rings. The van der Waals surface area contributed by atoms with Gasteiger partial charge in [0.1, 0.15) is 12.4 Å². The number of nitrogens with zero attached hydrogens (tertiary/aromatic N) is 1. The van der Waals surface area contributed by atoms with E-state index in [0.29, 0.717) is 25.9 Å². The van der Waals surface area contributed by atoms with Gasteiger partial charge in [-0.25, -0.2) is 0 Å². The summed E-state index contributed by atoms with van der Waals surface area (Å²) in [5, 5.41) is 10.2. The zero-order valence-corrected chi connectivity index (χ0v) is 13.4. The highest BCUT2D eigenvalue weighted by Crippen LogP contribution is 2.29. The maximum absolute atomic E-state index is 10.2. The molecule has 1 aromatic carbocycles. The number of aliphatic hydroxyl groups excluding tert-OH is 1. The van der Waals surface area contributed by atoms with Crippen molar-refractivity contribution in [1.82, 2.24) is 4.90 Å². The number of aryl methyl sites for hydroxylation is 1. The third-order valence-corrected chi connectivity index (χ3v) is 4.91. The third-order valence-electron chi connectivity index (χ3n) is 4.91. The molecule has 4 nitrogen and oxygen atoms in total. The molecule has 2 heterocycles. The fraction of sp³-hybridized carbons (Fsp3) is 0.667. The molecule has 0 spiro atoms. The van der Waals surface area contributed by atoms with Crippen LogP contribution in [0.5, 0.6) is 5.75 Å². The van der Waals surface area contributed by atoms with Gasteiger partial charge in [0.05, 0.1) is 12.7 Å². The predicted molar refractivity (Wildman–Crippen MR) is 86.2 cm³/mol. The van der Waals surface area contributed by atoms with Crippen LogP contribution >= 0.6 is 0 Å². The molecular weight excluding hydrogens is 278 g/mol. The van der Waals surface area contributed by atoms with Crippen LogP contribution in [0.15, 0.2) is 24.3 Å². The van der Waals surface area contributed by atoms with E-state index in [-0.39, 0.29) is 12.0 Å². The summed E-state index contributed by atoms with van der Waals surface area (Å²) in [6, 6.07) is 8.62. The average molecular weight is 305 g/mol. The van der Waals surface area contributed by atoms with Gasteiger partial charge >= 0.3 is 0 Å². The van der Waals surface area contributed by atoms with Gasteiger partial charge < -0.3 is 14.6 Å². The van der Waals surface area contributed by atoms with Crippen molar-refractivity contribution in [3.63, 3.8) is 0 Å². The lowest BCUT2D eigenvalue weighted by Crippen LogP contribution is -2.47. The maximum atomic E-state index is 10.2. The van der Waals surface area contributed by atoms with E-state index in [2.05, 4.69) is 24.0 Å². The Kier molecular flexibility index (Phi) is 5.34. The average Bonchev–Trinajstić information content (AvgIpc) is 2.96. The SMILES string of the molecule is Cc1cccc(OCCN2CCC[C@@H]2[C@H]2COCC[C@@H]2O)c1. The first kappa shape index (κ1) is 15.8. The van der Waals surface area contributed by atoms with Crippen LogP contribution in [-0.4, -0.2) is 55.1 Å². The molecule has 0 saturated carbocycles. The van der Waals surface area contributed by atoms with Crippen molar-refractivity contribution in [2.24, 2.45) is 5.92 Å². The summed E-state index contributed by atoms with van der Waals surface area (Å²) in [7, 11) is 0. The fourth-order valence-corrected chi connectivity index (χ4v) is 3.72. The normalized spacial score (nSPS) is 29.6. The van der Waals surface area contributed by atoms with Crippen molar-refractivity contribution in [1.29, 1.82) is 0 Å². The number of benzene rings is 1. The summed E-state index contributed by atoms with van der Waals surface area (Å²) in [6.45, 7) is 6.19. The van der Waals surface area contributed by atoms with E-state index >= 15 is 0 Å². The third kappa shape index (κ3) is 3.80. The highest BCUT2D eigenvalue weighted by atomic mass is 16.5. The van der Waals surface area contributed by atoms with Gasteiger partial charge in [-0.15, -0.1) is 0 Å². The van der Waals surface area contributed by atoms with Crippen molar-refractivity contribution in [3.8, 4) is 5.75 Å². The molecule has 1 N–H and O–H groups in total. The van der Waals surface area contributed by atoms with E-state index < -0.39 is 0 Å². The summed E-state index contributed by atoms with van der Waals surface area (Å²) >= 11 is 0. The van der Waals surface area contributed by atoms with Crippen LogP contribution in [0.3, 0.4) is 0 Å². The van der Waals surface area contributed by atoms with Gasteiger partial charge in [0.25, 0.3) is 0 Å². The van der Waals surface area contributed by atoms with Gasteiger partial charge in [0.2, 0.25) is 0 Å². The highest BCUT2D eigenvalue weighted by Gasteiger charge is 2.37. The van der Waals surface area contributed by atoms with E-state index in [1.807, 2.05) is 12.1 Å². The zero-order valence-electron chi connectivity index (χ0n) is 13.4. The molecule has 22 heavy (non-hydrogen) atoms. The molecule has 0 bridgehead atoms. The second-order valence-corrected chi connectivity index (χ2v) is 6.51. The summed E-state index contributed by atoms with van der Waals surface area (Å²) in [5.41, 5.74) is 1.22. The molecule has 1 aromatic rings. The molecule has 0 aliphatic carbocycles. The standard InChI is InChI=1S/C18H27NO3/c1-14-4-2-5-15(12-14)22-11-9-19-8-3-6-17(19)16-13-21-10-7-18(16)20/h2,4-5,12,16-18,20H,3,6-11,13H2,1H3/t16-,17-,18+/m1/s1. The van der Waals surface area contributed by atoms with Gasteiger partial charge in [-0.05, 0) is 50.4 Å². The molecule has 0 aromatic heterocycles. The van der Waals surface area contributed by atoms with Gasteiger partial charge in [0, 0.05) is 25.1 Å². The van der Waals surface area contributed by atoms with E-state index in [9.17, 15) is 5.11 Å². The minimum atomic E-state index is -0.211. The quantitative estimate of drug-likeness (QED) is 0.906. The van der Waals surface area contributed by atoms with Crippen molar-refractivity contribution in [3.05, 3.63) is 29.8 Å². The van der Waals surface area contributed by atoms with Gasteiger partial charge in [-0.1, -0.05) is 12.1 Å². The molecular formula is C18H27NO3. The Hall–Kier alpha value is -1.10. The number of aliphatic hydroxyl groups is 1. The molecule has 2 fully saturated rings. The lowest BCUT2D eigenvalue weighted by molar-refractivity contribution is -0.0634. The summed E-state index contributed by atoms with van der Waals surface area (Å²) in [5.74, 6) is 1.20. The van der Waals surface area contributed by atoms with Crippen molar-refractivity contribution in [2.75, 3.05) is 32.9 Å². The van der Waals surface area contributed by atoms with E-state index in [1.165, 1.54) is 12.0 Å². The smallest absolute Gasteiger partial charge is 0.119 e. The van der Waals surface area contributed by atoms with Crippen molar-refractivity contribution < 1.29 is 14.6 Å². The molecule has 3 rings (SSSR count). The summed E-state index contributed by atoms with van der Waals surface area (Å²) in [4.78, 5) is 2.47. The first-order chi connectivity index (χ1) is 10.7. The van der Waals surface area contributed by atoms with Crippen LogP contribution < -0.4 is 4.74 Å². The maximum Gasteiger partial charge on any atom is 0.119 e. The second-order valence-electron chi connectivity index (χ2n) is 6.51. The van der Waals surface area contributed by atoms with Gasteiger partial charge in [-0.2, -0.15) is 0 Å². The van der Waals surface area contributed by atoms with Crippen LogP contribution in [-0.2, 0) is 4.74 Å². The highest BCUT2D eigenvalue weighted by molar-refractivity contribution is 5.27. The zero-order chi connectivity index (χ0) is 15.4. The second kappa shape index (κ2) is 7.44. The minimum Gasteiger partial charge on any atom is -0.492 e. The Morgan fingerprint density at radius 2 is 2.27 bits per heavy atom. The topological polar surface area (TPSA) is 41.9 Å². The van der Waals surface area contributed by atoms with Crippen molar-refractivity contribution in [2.45, 2.75) is 38.3 Å². The molecule has 0 radical (unpaired) electrons. The van der Waals surface area contributed by atoms with Crippen LogP contribution in [0.4, 0.5) is 0 Å². The first-order valence-electron chi connectivity index (χ1n) is 8.43.